The highest BCUT2D eigenvalue weighted by Gasteiger charge is 1.90. The molecule has 1 heterocycles. The molecule has 0 bridgehead atoms. The molecule has 0 N–H and O–H groups in total. The molecule has 44 valence electrons. The monoisotopic (exact) mass is 132 g/mol. The van der Waals surface area contributed by atoms with Crippen molar-refractivity contribution in [3.05, 3.63) is 12.7 Å². The molecule has 0 amide bonds. The van der Waals surface area contributed by atoms with Gasteiger partial charge in [0.1, 0.15) is 6.26 Å². The quantitative estimate of drug-likeness (QED) is 0.501. The molecule has 0 radical (unpaired) electrons. The molecule has 0 saturated heterocycles. The predicted octanol–water partition coefficient (Wildman–Crippen LogP) is -0.0874. The molecule has 0 fully saturated rings. The summed E-state index contributed by atoms with van der Waals surface area (Å²) in [6, 6.07) is 0. The van der Waals surface area contributed by atoms with E-state index >= 15 is 0 Å². The Morgan fingerprint density at radius 2 is 2.62 bits per heavy atom. The van der Waals surface area contributed by atoms with Crippen molar-refractivity contribution < 1.29 is 13.2 Å². The SMILES string of the molecule is O=S([O-])c1cocn1. The van der Waals surface area contributed by atoms with Crippen molar-refractivity contribution in [2.24, 2.45) is 0 Å². The summed E-state index contributed by atoms with van der Waals surface area (Å²) >= 11 is -2.25. The van der Waals surface area contributed by atoms with Crippen LogP contribution in [0.4, 0.5) is 0 Å². The normalized spacial score (nSPS) is 13.6. The molecule has 1 aromatic rings. The Kier molecular flexibility index (Phi) is 1.40. The van der Waals surface area contributed by atoms with Gasteiger partial charge in [0.25, 0.3) is 0 Å². The third-order valence-corrected chi connectivity index (χ3v) is 1.12. The van der Waals surface area contributed by atoms with Gasteiger partial charge in [0.15, 0.2) is 11.4 Å². The van der Waals surface area contributed by atoms with Gasteiger partial charge in [-0.2, -0.15) is 0 Å². The molecule has 0 aromatic carbocycles. The summed E-state index contributed by atoms with van der Waals surface area (Å²) in [5.74, 6) is 0. The first kappa shape index (κ1) is 5.46. The Bertz CT molecular complexity index is 182. The summed E-state index contributed by atoms with van der Waals surface area (Å²) in [6.07, 6.45) is 2.12. The first-order valence-corrected chi connectivity index (χ1v) is 2.85. The lowest BCUT2D eigenvalue weighted by molar-refractivity contribution is 0.529. The maximum atomic E-state index is 9.94. The third kappa shape index (κ3) is 0.932. The summed E-state index contributed by atoms with van der Waals surface area (Å²) < 4.78 is 24.3. The van der Waals surface area contributed by atoms with Crippen molar-refractivity contribution in [1.82, 2.24) is 4.98 Å². The first-order valence-electron chi connectivity index (χ1n) is 1.78. The fraction of sp³-hybridized carbons (Fsp3) is 0. The molecule has 5 heteroatoms. The van der Waals surface area contributed by atoms with Crippen LogP contribution in [0.2, 0.25) is 0 Å². The molecule has 0 spiro atoms. The highest BCUT2D eigenvalue weighted by molar-refractivity contribution is 7.79. The Morgan fingerprint density at radius 3 is 2.88 bits per heavy atom. The maximum Gasteiger partial charge on any atom is 0.181 e. The summed E-state index contributed by atoms with van der Waals surface area (Å²) in [5.41, 5.74) is 0. The van der Waals surface area contributed by atoms with Gasteiger partial charge in [0.2, 0.25) is 0 Å². The predicted molar refractivity (Wildman–Crippen MR) is 23.7 cm³/mol. The second kappa shape index (κ2) is 2.06. The molecule has 0 aliphatic heterocycles. The van der Waals surface area contributed by atoms with E-state index in [4.69, 9.17) is 0 Å². The highest BCUT2D eigenvalue weighted by atomic mass is 32.2. The molecule has 1 aromatic heterocycles. The minimum Gasteiger partial charge on any atom is -0.767 e. The van der Waals surface area contributed by atoms with Crippen LogP contribution in [-0.4, -0.2) is 13.7 Å². The van der Waals surface area contributed by atoms with Crippen LogP contribution in [0.25, 0.3) is 0 Å². The van der Waals surface area contributed by atoms with Crippen LogP contribution in [0.1, 0.15) is 0 Å². The molecule has 1 unspecified atom stereocenters. The van der Waals surface area contributed by atoms with Crippen molar-refractivity contribution in [2.45, 2.75) is 5.03 Å². The van der Waals surface area contributed by atoms with Crippen molar-refractivity contribution in [1.29, 1.82) is 0 Å². The van der Waals surface area contributed by atoms with Gasteiger partial charge in [-0.15, -0.1) is 0 Å². The zero-order valence-corrected chi connectivity index (χ0v) is 4.55. The number of aromatic nitrogens is 1. The van der Waals surface area contributed by atoms with E-state index in [1.54, 1.807) is 0 Å². The van der Waals surface area contributed by atoms with Crippen molar-refractivity contribution in [3.63, 3.8) is 0 Å². The number of hydrogen-bond acceptors (Lipinski definition) is 4. The van der Waals surface area contributed by atoms with Gasteiger partial charge in [-0.05, 0) is 0 Å². The second-order valence-corrected chi connectivity index (χ2v) is 1.95. The van der Waals surface area contributed by atoms with E-state index in [1.807, 2.05) is 0 Å². The number of nitrogens with zero attached hydrogens (tertiary/aromatic N) is 1. The Labute approximate surface area is 47.8 Å². The van der Waals surface area contributed by atoms with Crippen LogP contribution in [-0.2, 0) is 11.1 Å². The molecule has 1 rings (SSSR count). The van der Waals surface area contributed by atoms with Crippen LogP contribution >= 0.6 is 0 Å². The summed E-state index contributed by atoms with van der Waals surface area (Å²) in [7, 11) is 0. The van der Waals surface area contributed by atoms with Crippen molar-refractivity contribution in [2.75, 3.05) is 0 Å². The van der Waals surface area contributed by atoms with Gasteiger partial charge in [-0.3, -0.25) is 4.21 Å². The van der Waals surface area contributed by atoms with Crippen LogP contribution in [0.5, 0.6) is 0 Å². The molecule has 0 aliphatic carbocycles. The average molecular weight is 132 g/mol. The topological polar surface area (TPSA) is 66.2 Å². The second-order valence-electron chi connectivity index (χ2n) is 1.06. The van der Waals surface area contributed by atoms with Gasteiger partial charge in [-0.25, -0.2) is 4.98 Å². The fourth-order valence-electron chi connectivity index (χ4n) is 0.284. The minimum absolute atomic E-state index is 0.0648. The van der Waals surface area contributed by atoms with E-state index in [9.17, 15) is 8.76 Å². The molecule has 0 aliphatic rings. The standard InChI is InChI=1S/C3H3NO3S/c5-8(6)3-1-7-2-4-3/h1-2H,(H,5,6)/p-1. The zero-order chi connectivity index (χ0) is 5.98. The number of hydrogen-bond donors (Lipinski definition) is 0. The Hall–Kier alpha value is -0.680. The molecule has 4 nitrogen and oxygen atoms in total. The van der Waals surface area contributed by atoms with E-state index in [0.29, 0.717) is 0 Å². The lowest BCUT2D eigenvalue weighted by atomic mass is 11.0. The van der Waals surface area contributed by atoms with Gasteiger partial charge >= 0.3 is 0 Å². The van der Waals surface area contributed by atoms with E-state index in [2.05, 4.69) is 9.40 Å². The van der Waals surface area contributed by atoms with E-state index < -0.39 is 11.1 Å². The highest BCUT2D eigenvalue weighted by Crippen LogP contribution is 1.96. The smallest absolute Gasteiger partial charge is 0.181 e. The van der Waals surface area contributed by atoms with E-state index in [-0.39, 0.29) is 5.03 Å². The van der Waals surface area contributed by atoms with Gasteiger partial charge in [0, 0.05) is 11.1 Å². The van der Waals surface area contributed by atoms with Crippen molar-refractivity contribution in [3.8, 4) is 0 Å². The molecular formula is C3H2NO3S-. The lowest BCUT2D eigenvalue weighted by Crippen LogP contribution is -1.86. The molecule has 1 atom stereocenters. The summed E-state index contributed by atoms with van der Waals surface area (Å²) in [5, 5.41) is -0.0648. The molecule has 8 heavy (non-hydrogen) atoms. The largest absolute Gasteiger partial charge is 0.767 e. The van der Waals surface area contributed by atoms with Crippen LogP contribution in [0.3, 0.4) is 0 Å². The maximum absolute atomic E-state index is 9.94. The van der Waals surface area contributed by atoms with Crippen LogP contribution in [0, 0.1) is 0 Å². The number of rotatable bonds is 1. The van der Waals surface area contributed by atoms with Gasteiger partial charge in [-0.1, -0.05) is 0 Å². The minimum atomic E-state index is -2.25. The first-order chi connectivity index (χ1) is 3.80. The van der Waals surface area contributed by atoms with Crippen LogP contribution in [0.15, 0.2) is 22.1 Å². The molecule has 0 saturated carbocycles. The van der Waals surface area contributed by atoms with Gasteiger partial charge in [0.05, 0.1) is 0 Å². The van der Waals surface area contributed by atoms with E-state index in [0.717, 1.165) is 12.7 Å². The van der Waals surface area contributed by atoms with E-state index in [1.165, 1.54) is 0 Å². The van der Waals surface area contributed by atoms with Crippen molar-refractivity contribution >= 4 is 11.1 Å². The lowest BCUT2D eigenvalue weighted by Gasteiger charge is -1.94. The average Bonchev–Trinajstić information content (AvgIpc) is 2.12. The van der Waals surface area contributed by atoms with Crippen LogP contribution < -0.4 is 0 Å². The summed E-state index contributed by atoms with van der Waals surface area (Å²) in [6.45, 7) is 0. The van der Waals surface area contributed by atoms with Gasteiger partial charge < -0.3 is 8.97 Å². The fourth-order valence-corrected chi connectivity index (χ4v) is 0.547. The number of oxazole rings is 1. The Morgan fingerprint density at radius 1 is 1.88 bits per heavy atom. The zero-order valence-electron chi connectivity index (χ0n) is 3.73. The molecular weight excluding hydrogens is 130 g/mol. The summed E-state index contributed by atoms with van der Waals surface area (Å²) in [4.78, 5) is 3.34. The third-order valence-electron chi connectivity index (χ3n) is 0.580. The Balaban J connectivity index is 2.93.